The van der Waals surface area contributed by atoms with Gasteiger partial charge in [-0.05, 0) is 29.8 Å². The number of nitrogens with zero attached hydrogens (tertiary/aromatic N) is 4. The lowest BCUT2D eigenvalue weighted by Gasteiger charge is -2.12. The molecular weight excluding hydrogens is 364 g/mol. The van der Waals surface area contributed by atoms with E-state index < -0.39 is 0 Å². The highest BCUT2D eigenvalue weighted by molar-refractivity contribution is 9.10. The molecule has 4 rings (SSSR count). The van der Waals surface area contributed by atoms with Crippen molar-refractivity contribution in [3.05, 3.63) is 75.2 Å². The van der Waals surface area contributed by atoms with Crippen LogP contribution < -0.4 is 0 Å². The average molecular weight is 374 g/mol. The Labute approximate surface area is 140 Å². The second-order valence-corrected chi connectivity index (χ2v) is 6.17. The van der Waals surface area contributed by atoms with Crippen LogP contribution in [0, 0.1) is 0 Å². The third kappa shape index (κ3) is 2.17. The molecule has 0 N–H and O–H groups in total. The third-order valence-corrected chi connectivity index (χ3v) is 4.31. The molecule has 1 aromatic heterocycles. The summed E-state index contributed by atoms with van der Waals surface area (Å²) in [6, 6.07) is 16.1. The van der Waals surface area contributed by atoms with Crippen molar-refractivity contribution in [2.24, 2.45) is 4.99 Å². The summed E-state index contributed by atoms with van der Waals surface area (Å²) in [6.07, 6.45) is 0. The van der Waals surface area contributed by atoms with Crippen molar-refractivity contribution in [3.8, 4) is 5.69 Å². The topological polar surface area (TPSA) is 43.1 Å². The largest absolute Gasteiger partial charge is 0.276 e. The fraction of sp³-hybridized carbons (Fsp3) is 0.0625. The lowest BCUT2D eigenvalue weighted by atomic mass is 10.0. The van der Waals surface area contributed by atoms with Gasteiger partial charge in [-0.15, -0.1) is 10.2 Å². The van der Waals surface area contributed by atoms with Crippen molar-refractivity contribution < 1.29 is 0 Å². The van der Waals surface area contributed by atoms with Crippen molar-refractivity contribution in [1.82, 2.24) is 14.8 Å². The minimum absolute atomic E-state index is 0.350. The van der Waals surface area contributed by atoms with Crippen LogP contribution in [0.2, 0.25) is 5.28 Å². The van der Waals surface area contributed by atoms with E-state index in [1.807, 2.05) is 41.0 Å². The summed E-state index contributed by atoms with van der Waals surface area (Å²) < 4.78 is 2.84. The molecule has 0 fully saturated rings. The number of fused-ring (bicyclic) bond motifs is 3. The summed E-state index contributed by atoms with van der Waals surface area (Å²) in [5.41, 5.74) is 3.93. The molecule has 22 heavy (non-hydrogen) atoms. The molecule has 0 saturated carbocycles. The summed E-state index contributed by atoms with van der Waals surface area (Å²) in [4.78, 5) is 4.74. The zero-order chi connectivity index (χ0) is 15.1. The Kier molecular flexibility index (Phi) is 3.32. The molecule has 0 aliphatic carbocycles. The first-order chi connectivity index (χ1) is 10.7. The molecule has 2 aromatic carbocycles. The van der Waals surface area contributed by atoms with Crippen molar-refractivity contribution in [1.29, 1.82) is 0 Å². The Bertz CT molecular complexity index is 886. The Hall–Kier alpha value is -1.98. The molecule has 2 heterocycles. The van der Waals surface area contributed by atoms with E-state index in [0.717, 1.165) is 32.8 Å². The first kappa shape index (κ1) is 13.7. The summed E-state index contributed by atoms with van der Waals surface area (Å²) in [6.45, 7) is 0.441. The summed E-state index contributed by atoms with van der Waals surface area (Å²) in [5, 5.41) is 8.43. The minimum atomic E-state index is 0.350. The molecule has 0 saturated heterocycles. The number of hydrogen-bond acceptors (Lipinski definition) is 3. The zero-order valence-corrected chi connectivity index (χ0v) is 13.7. The van der Waals surface area contributed by atoms with Gasteiger partial charge in [0.2, 0.25) is 5.28 Å². The average Bonchev–Trinajstić information content (AvgIpc) is 2.82. The molecule has 0 unspecified atom stereocenters. The van der Waals surface area contributed by atoms with Gasteiger partial charge in [-0.25, -0.2) is 0 Å². The van der Waals surface area contributed by atoms with Gasteiger partial charge in [0.15, 0.2) is 5.82 Å². The molecule has 0 radical (unpaired) electrons. The zero-order valence-electron chi connectivity index (χ0n) is 11.4. The molecule has 0 amide bonds. The maximum Gasteiger partial charge on any atom is 0.229 e. The van der Waals surface area contributed by atoms with Gasteiger partial charge in [-0.1, -0.05) is 46.3 Å². The number of hydrogen-bond donors (Lipinski definition) is 0. The Balaban J connectivity index is 2.01. The van der Waals surface area contributed by atoms with Gasteiger partial charge in [0, 0.05) is 15.6 Å². The molecule has 108 valence electrons. The Morgan fingerprint density at radius 2 is 1.86 bits per heavy atom. The predicted octanol–water partition coefficient (Wildman–Crippen LogP) is 4.03. The lowest BCUT2D eigenvalue weighted by molar-refractivity contribution is 0.870. The normalized spacial score (nSPS) is 13.1. The molecular formula is C16H10BrClN4. The number of rotatable bonds is 1. The molecule has 4 nitrogen and oxygen atoms in total. The molecule has 0 spiro atoms. The highest BCUT2D eigenvalue weighted by Gasteiger charge is 2.22. The third-order valence-electron chi connectivity index (χ3n) is 3.57. The van der Waals surface area contributed by atoms with Gasteiger partial charge in [-0.3, -0.25) is 9.56 Å². The van der Waals surface area contributed by atoms with Crippen molar-refractivity contribution >= 4 is 33.2 Å². The second-order valence-electron chi connectivity index (χ2n) is 4.91. The Morgan fingerprint density at radius 1 is 1.05 bits per heavy atom. The van der Waals surface area contributed by atoms with Crippen LogP contribution in [0.5, 0.6) is 0 Å². The van der Waals surface area contributed by atoms with E-state index in [-0.39, 0.29) is 0 Å². The number of aliphatic imine (C=N–C) groups is 1. The first-order valence-corrected chi connectivity index (χ1v) is 7.91. The van der Waals surface area contributed by atoms with E-state index in [1.54, 1.807) is 0 Å². The standard InChI is InChI=1S/C16H10BrClN4/c17-11-6-7-13-12(8-11)15(10-4-2-1-3-5-10)19-9-14-20-21-16(18)22(13)14/h1-8H,9H2. The number of halogens is 2. The van der Waals surface area contributed by atoms with Gasteiger partial charge in [0.1, 0.15) is 6.54 Å². The first-order valence-electron chi connectivity index (χ1n) is 6.74. The van der Waals surface area contributed by atoms with Crippen LogP contribution in [-0.2, 0) is 6.54 Å². The van der Waals surface area contributed by atoms with Crippen LogP contribution in [0.1, 0.15) is 17.0 Å². The number of aromatic nitrogens is 3. The van der Waals surface area contributed by atoms with E-state index in [2.05, 4.69) is 38.3 Å². The van der Waals surface area contributed by atoms with Crippen LogP contribution in [-0.4, -0.2) is 20.5 Å². The highest BCUT2D eigenvalue weighted by Crippen LogP contribution is 2.29. The molecule has 6 heteroatoms. The quantitative estimate of drug-likeness (QED) is 0.646. The van der Waals surface area contributed by atoms with Crippen molar-refractivity contribution in [3.63, 3.8) is 0 Å². The molecule has 0 atom stereocenters. The molecule has 0 bridgehead atoms. The Morgan fingerprint density at radius 3 is 2.68 bits per heavy atom. The van der Waals surface area contributed by atoms with E-state index in [1.165, 1.54) is 0 Å². The van der Waals surface area contributed by atoms with Crippen LogP contribution in [0.25, 0.3) is 5.69 Å². The van der Waals surface area contributed by atoms with Crippen molar-refractivity contribution in [2.75, 3.05) is 0 Å². The fourth-order valence-electron chi connectivity index (χ4n) is 2.61. The SMILES string of the molecule is Clc1nnc2n1-c1ccc(Br)cc1C(c1ccccc1)=NC2. The smallest absolute Gasteiger partial charge is 0.229 e. The minimum Gasteiger partial charge on any atom is -0.276 e. The fourth-order valence-corrected chi connectivity index (χ4v) is 3.19. The van der Waals surface area contributed by atoms with Gasteiger partial charge >= 0.3 is 0 Å². The number of benzene rings is 2. The van der Waals surface area contributed by atoms with Gasteiger partial charge in [0.05, 0.1) is 11.4 Å². The maximum absolute atomic E-state index is 6.22. The van der Waals surface area contributed by atoms with Crippen LogP contribution in [0.4, 0.5) is 0 Å². The molecule has 1 aliphatic rings. The summed E-state index contributed by atoms with van der Waals surface area (Å²) in [7, 11) is 0. The molecule has 1 aliphatic heterocycles. The van der Waals surface area contributed by atoms with Gasteiger partial charge in [0.25, 0.3) is 0 Å². The molecule has 3 aromatic rings. The van der Waals surface area contributed by atoms with E-state index in [9.17, 15) is 0 Å². The maximum atomic E-state index is 6.22. The van der Waals surface area contributed by atoms with E-state index in [4.69, 9.17) is 16.6 Å². The van der Waals surface area contributed by atoms with Crippen LogP contribution in [0.15, 0.2) is 58.0 Å². The van der Waals surface area contributed by atoms with Gasteiger partial charge < -0.3 is 0 Å². The lowest BCUT2D eigenvalue weighted by Crippen LogP contribution is -2.07. The monoisotopic (exact) mass is 372 g/mol. The van der Waals surface area contributed by atoms with E-state index >= 15 is 0 Å². The van der Waals surface area contributed by atoms with Crippen LogP contribution >= 0.6 is 27.5 Å². The van der Waals surface area contributed by atoms with Gasteiger partial charge in [-0.2, -0.15) is 0 Å². The second kappa shape index (κ2) is 5.34. The summed E-state index contributed by atoms with van der Waals surface area (Å²) >= 11 is 9.75. The summed E-state index contributed by atoms with van der Waals surface area (Å²) in [5.74, 6) is 0.736. The predicted molar refractivity (Wildman–Crippen MR) is 89.9 cm³/mol. The van der Waals surface area contributed by atoms with Crippen LogP contribution in [0.3, 0.4) is 0 Å². The van der Waals surface area contributed by atoms with Crippen molar-refractivity contribution in [2.45, 2.75) is 6.54 Å². The highest BCUT2D eigenvalue weighted by atomic mass is 79.9. The van der Waals surface area contributed by atoms with E-state index in [0.29, 0.717) is 11.8 Å².